The summed E-state index contributed by atoms with van der Waals surface area (Å²) < 4.78 is 14.2. The van der Waals surface area contributed by atoms with E-state index in [1.165, 1.54) is 16.7 Å². The zero-order valence-corrected chi connectivity index (χ0v) is 14.8. The van der Waals surface area contributed by atoms with E-state index < -0.39 is 0 Å². The van der Waals surface area contributed by atoms with Crippen LogP contribution >= 0.6 is 0 Å². The molecule has 23 heavy (non-hydrogen) atoms. The number of rotatable bonds is 1. The van der Waals surface area contributed by atoms with Gasteiger partial charge in [-0.2, -0.15) is 0 Å². The summed E-state index contributed by atoms with van der Waals surface area (Å²) >= 11 is 0. The Hall–Kier alpha value is -2.09. The first kappa shape index (κ1) is 15.8. The lowest BCUT2D eigenvalue weighted by Gasteiger charge is -2.43. The Morgan fingerprint density at radius 1 is 1.00 bits per heavy atom. The van der Waals surface area contributed by atoms with E-state index in [1.807, 2.05) is 19.9 Å². The fourth-order valence-corrected chi connectivity index (χ4v) is 3.60. The highest BCUT2D eigenvalue weighted by Crippen LogP contribution is 2.43. The maximum atomic E-state index is 14.2. The topological polar surface area (TPSA) is 3.24 Å². The number of anilines is 1. The summed E-state index contributed by atoms with van der Waals surface area (Å²) in [5.74, 6) is -0.0999. The van der Waals surface area contributed by atoms with E-state index in [1.54, 1.807) is 0 Å². The Balaban J connectivity index is 2.22. The number of aryl methyl sites for hydroxylation is 3. The number of fused-ring (bicyclic) bond motifs is 1. The fraction of sp³-hybridized carbons (Fsp3) is 0.333. The van der Waals surface area contributed by atoms with Gasteiger partial charge in [0, 0.05) is 18.3 Å². The van der Waals surface area contributed by atoms with E-state index in [-0.39, 0.29) is 11.4 Å². The molecule has 0 radical (unpaired) electrons. The molecule has 120 valence electrons. The molecule has 2 aromatic carbocycles. The van der Waals surface area contributed by atoms with Crippen LogP contribution in [0.5, 0.6) is 0 Å². The predicted octanol–water partition coefficient (Wildman–Crippen LogP) is 5.44. The molecule has 3 rings (SSSR count). The Morgan fingerprint density at radius 2 is 1.70 bits per heavy atom. The summed E-state index contributed by atoms with van der Waals surface area (Å²) in [7, 11) is 2.10. The van der Waals surface area contributed by atoms with Gasteiger partial charge in [0.05, 0.1) is 5.54 Å². The van der Waals surface area contributed by atoms with Crippen LogP contribution in [0.2, 0.25) is 0 Å². The minimum Gasteiger partial charge on any atom is -0.361 e. The molecule has 0 saturated heterocycles. The largest absolute Gasteiger partial charge is 0.361 e. The zero-order chi connectivity index (χ0) is 16.9. The normalized spacial score (nSPS) is 19.9. The minimum absolute atomic E-state index is 0.0999. The standard InChI is InChI=1S/C21H24FN/c1-13-7-8-14(2)18(11-13)21(5)10-9-17-16(4)20(22)15(3)12-19(17)23(21)6/h7-12H,1-6H3. The van der Waals surface area contributed by atoms with Crippen molar-refractivity contribution in [3.05, 3.63) is 69.5 Å². The van der Waals surface area contributed by atoms with E-state index in [9.17, 15) is 4.39 Å². The van der Waals surface area contributed by atoms with Crippen molar-refractivity contribution >= 4 is 11.8 Å². The predicted molar refractivity (Wildman–Crippen MR) is 96.6 cm³/mol. The van der Waals surface area contributed by atoms with Crippen LogP contribution in [0.4, 0.5) is 10.1 Å². The summed E-state index contributed by atoms with van der Waals surface area (Å²) in [6.07, 6.45) is 4.27. The van der Waals surface area contributed by atoms with E-state index in [0.717, 1.165) is 16.8 Å². The third-order valence-corrected chi connectivity index (χ3v) is 5.28. The molecule has 0 spiro atoms. The van der Waals surface area contributed by atoms with Crippen LogP contribution in [0, 0.1) is 33.5 Å². The number of halogens is 1. The van der Waals surface area contributed by atoms with Crippen LogP contribution in [0.15, 0.2) is 30.3 Å². The molecule has 1 heterocycles. The smallest absolute Gasteiger partial charge is 0.129 e. The van der Waals surface area contributed by atoms with Crippen molar-refractivity contribution < 1.29 is 4.39 Å². The second-order valence-corrected chi connectivity index (χ2v) is 6.92. The van der Waals surface area contributed by atoms with Gasteiger partial charge >= 0.3 is 0 Å². The fourth-order valence-electron chi connectivity index (χ4n) is 3.60. The van der Waals surface area contributed by atoms with Gasteiger partial charge in [0.2, 0.25) is 0 Å². The van der Waals surface area contributed by atoms with Crippen LogP contribution in [0.3, 0.4) is 0 Å². The van der Waals surface area contributed by atoms with Gasteiger partial charge in [0.15, 0.2) is 0 Å². The molecule has 0 amide bonds. The van der Waals surface area contributed by atoms with Crippen molar-refractivity contribution in [3.8, 4) is 0 Å². The van der Waals surface area contributed by atoms with Gasteiger partial charge in [-0.3, -0.25) is 0 Å². The van der Waals surface area contributed by atoms with Crippen LogP contribution in [0.1, 0.15) is 40.3 Å². The second kappa shape index (κ2) is 5.23. The van der Waals surface area contributed by atoms with Crippen molar-refractivity contribution in [2.75, 3.05) is 11.9 Å². The Morgan fingerprint density at radius 3 is 2.39 bits per heavy atom. The second-order valence-electron chi connectivity index (χ2n) is 6.92. The molecule has 2 heteroatoms. The highest BCUT2D eigenvalue weighted by Gasteiger charge is 2.35. The first-order valence-electron chi connectivity index (χ1n) is 8.06. The maximum absolute atomic E-state index is 14.2. The average molecular weight is 309 g/mol. The van der Waals surface area contributed by atoms with Gasteiger partial charge in [-0.15, -0.1) is 0 Å². The van der Waals surface area contributed by atoms with Gasteiger partial charge in [-0.1, -0.05) is 35.9 Å². The van der Waals surface area contributed by atoms with Crippen LogP contribution < -0.4 is 4.90 Å². The van der Waals surface area contributed by atoms with Gasteiger partial charge in [-0.05, 0) is 62.9 Å². The molecule has 0 fully saturated rings. The maximum Gasteiger partial charge on any atom is 0.129 e. The van der Waals surface area contributed by atoms with Crippen LogP contribution in [-0.4, -0.2) is 7.05 Å². The SMILES string of the molecule is Cc1ccc(C)c(C2(C)C=Cc3c(cc(C)c(F)c3C)N2C)c1. The van der Waals surface area contributed by atoms with E-state index in [4.69, 9.17) is 0 Å². The lowest BCUT2D eigenvalue weighted by molar-refractivity contribution is 0.568. The Kier molecular flexibility index (Phi) is 3.59. The lowest BCUT2D eigenvalue weighted by Crippen LogP contribution is -2.42. The summed E-state index contributed by atoms with van der Waals surface area (Å²) in [5.41, 5.74) is 7.09. The summed E-state index contributed by atoms with van der Waals surface area (Å²) in [5, 5.41) is 0. The Bertz CT molecular complexity index is 819. The molecule has 0 saturated carbocycles. The van der Waals surface area contributed by atoms with Crippen molar-refractivity contribution in [1.82, 2.24) is 0 Å². The molecule has 1 atom stereocenters. The third kappa shape index (κ3) is 2.28. The highest BCUT2D eigenvalue weighted by molar-refractivity contribution is 5.77. The minimum atomic E-state index is -0.236. The first-order valence-corrected chi connectivity index (χ1v) is 8.06. The molecular formula is C21H24FN. The molecule has 1 unspecified atom stereocenters. The molecule has 1 aliphatic rings. The monoisotopic (exact) mass is 309 g/mol. The summed E-state index contributed by atoms with van der Waals surface area (Å²) in [4.78, 5) is 2.27. The molecule has 1 aliphatic heterocycles. The van der Waals surface area contributed by atoms with Crippen LogP contribution in [-0.2, 0) is 5.54 Å². The van der Waals surface area contributed by atoms with Gasteiger partial charge < -0.3 is 4.90 Å². The number of nitrogens with zero attached hydrogens (tertiary/aromatic N) is 1. The summed E-state index contributed by atoms with van der Waals surface area (Å²) in [6, 6.07) is 8.54. The van der Waals surface area contributed by atoms with E-state index in [0.29, 0.717) is 5.56 Å². The zero-order valence-electron chi connectivity index (χ0n) is 14.8. The lowest BCUT2D eigenvalue weighted by atomic mass is 9.81. The molecule has 0 aliphatic carbocycles. The molecule has 0 bridgehead atoms. The van der Waals surface area contributed by atoms with Crippen molar-refractivity contribution in [2.45, 2.75) is 40.2 Å². The number of benzene rings is 2. The molecular weight excluding hydrogens is 285 g/mol. The molecule has 0 aromatic heterocycles. The summed E-state index contributed by atoms with van der Waals surface area (Å²) in [6.45, 7) is 10.2. The van der Waals surface area contributed by atoms with Crippen molar-refractivity contribution in [2.24, 2.45) is 0 Å². The van der Waals surface area contributed by atoms with Gasteiger partial charge in [0.1, 0.15) is 5.82 Å². The van der Waals surface area contributed by atoms with E-state index in [2.05, 4.69) is 63.1 Å². The van der Waals surface area contributed by atoms with E-state index >= 15 is 0 Å². The number of hydrogen-bond donors (Lipinski definition) is 0. The van der Waals surface area contributed by atoms with Crippen molar-refractivity contribution in [1.29, 1.82) is 0 Å². The average Bonchev–Trinajstić information content (AvgIpc) is 2.51. The van der Waals surface area contributed by atoms with Gasteiger partial charge in [0.25, 0.3) is 0 Å². The molecule has 0 N–H and O–H groups in total. The highest BCUT2D eigenvalue weighted by atomic mass is 19.1. The molecule has 1 nitrogen and oxygen atoms in total. The van der Waals surface area contributed by atoms with Crippen LogP contribution in [0.25, 0.3) is 6.08 Å². The van der Waals surface area contributed by atoms with Crippen molar-refractivity contribution in [3.63, 3.8) is 0 Å². The third-order valence-electron chi connectivity index (χ3n) is 5.28. The number of hydrogen-bond acceptors (Lipinski definition) is 1. The van der Waals surface area contributed by atoms with Gasteiger partial charge in [-0.25, -0.2) is 4.39 Å². The molecule has 2 aromatic rings. The quantitative estimate of drug-likeness (QED) is 0.678. The number of likely N-dealkylation sites (N-methyl/N-ethyl adjacent to an activating group) is 1. The Labute approximate surface area is 138 Å². The first-order chi connectivity index (χ1) is 10.8.